The van der Waals surface area contributed by atoms with Gasteiger partial charge in [-0.15, -0.1) is 0 Å². The molecule has 1 saturated carbocycles. The van der Waals surface area contributed by atoms with E-state index in [0.29, 0.717) is 36.1 Å². The number of methoxy groups -OCH3 is 1. The van der Waals surface area contributed by atoms with Crippen molar-refractivity contribution in [3.63, 3.8) is 0 Å². The fourth-order valence-corrected chi connectivity index (χ4v) is 5.55. The highest BCUT2D eigenvalue weighted by Crippen LogP contribution is 2.58. The molecule has 0 saturated heterocycles. The number of aliphatic hydroxyl groups is 1. The summed E-state index contributed by atoms with van der Waals surface area (Å²) in [4.78, 5) is 25.8. The van der Waals surface area contributed by atoms with Gasteiger partial charge in [-0.3, -0.25) is 0 Å². The molecule has 1 aromatic carbocycles. The molecule has 0 bridgehead atoms. The van der Waals surface area contributed by atoms with Crippen molar-refractivity contribution in [2.45, 2.75) is 78.6 Å². The molecule has 2 aliphatic carbocycles. The average Bonchev–Trinajstić information content (AvgIpc) is 3.04. The topological polar surface area (TPSA) is 82.1 Å². The summed E-state index contributed by atoms with van der Waals surface area (Å²) in [5.41, 5.74) is 0.273. The Morgan fingerprint density at radius 1 is 1.15 bits per heavy atom. The zero-order valence-corrected chi connectivity index (χ0v) is 21.4. The quantitative estimate of drug-likeness (QED) is 0.347. The molecule has 0 aromatic heterocycles. The number of hydrogen-bond donors (Lipinski definition) is 1. The lowest BCUT2D eigenvalue weighted by atomic mass is 9.66. The maximum absolute atomic E-state index is 13.1. The van der Waals surface area contributed by atoms with E-state index in [1.165, 1.54) is 0 Å². The lowest BCUT2D eigenvalue weighted by molar-refractivity contribution is -0.159. The first kappa shape index (κ1) is 26.0. The molecule has 1 fully saturated rings. The van der Waals surface area contributed by atoms with Gasteiger partial charge in [0.05, 0.1) is 18.3 Å². The maximum atomic E-state index is 13.1. The van der Waals surface area contributed by atoms with E-state index in [4.69, 9.17) is 14.2 Å². The molecular weight excluding hydrogens is 432 g/mol. The summed E-state index contributed by atoms with van der Waals surface area (Å²) in [6, 6.07) is 6.79. The van der Waals surface area contributed by atoms with Crippen LogP contribution in [0.2, 0.25) is 0 Å². The Morgan fingerprint density at radius 2 is 1.79 bits per heavy atom. The van der Waals surface area contributed by atoms with E-state index in [1.54, 1.807) is 51.3 Å². The molecule has 0 unspecified atom stereocenters. The predicted molar refractivity (Wildman–Crippen MR) is 131 cm³/mol. The van der Waals surface area contributed by atoms with Crippen LogP contribution in [0, 0.1) is 17.3 Å². The van der Waals surface area contributed by atoms with Gasteiger partial charge in [-0.05, 0) is 69.9 Å². The number of allylic oxidation sites excluding steroid dienone is 1. The van der Waals surface area contributed by atoms with Gasteiger partial charge in [0, 0.05) is 23.3 Å². The number of fused-ring (bicyclic) bond motifs is 1. The monoisotopic (exact) mass is 470 g/mol. The summed E-state index contributed by atoms with van der Waals surface area (Å²) < 4.78 is 17.3. The summed E-state index contributed by atoms with van der Waals surface area (Å²) in [7, 11) is 1.57. The molecule has 0 amide bonds. The van der Waals surface area contributed by atoms with E-state index < -0.39 is 35.1 Å². The summed E-state index contributed by atoms with van der Waals surface area (Å²) in [6.45, 7) is 11.5. The van der Waals surface area contributed by atoms with E-state index in [2.05, 4.69) is 0 Å². The van der Waals surface area contributed by atoms with Crippen molar-refractivity contribution < 1.29 is 28.9 Å². The molecule has 5 atom stereocenters. The molecule has 6 nitrogen and oxygen atoms in total. The van der Waals surface area contributed by atoms with Crippen LogP contribution < -0.4 is 4.74 Å². The highest BCUT2D eigenvalue weighted by Gasteiger charge is 2.63. The number of rotatable bonds is 6. The number of carbonyl (C=O) groups is 2. The predicted octanol–water partition coefficient (Wildman–Crippen LogP) is 5.25. The molecule has 3 rings (SSSR count). The maximum Gasteiger partial charge on any atom is 0.338 e. The Kier molecular flexibility index (Phi) is 7.61. The number of esters is 2. The van der Waals surface area contributed by atoms with Gasteiger partial charge >= 0.3 is 11.9 Å². The van der Waals surface area contributed by atoms with Crippen molar-refractivity contribution >= 4 is 11.9 Å². The average molecular weight is 471 g/mol. The van der Waals surface area contributed by atoms with Gasteiger partial charge in [0.25, 0.3) is 0 Å². The fourth-order valence-electron chi connectivity index (χ4n) is 5.55. The van der Waals surface area contributed by atoms with Crippen LogP contribution in [0.4, 0.5) is 0 Å². The summed E-state index contributed by atoms with van der Waals surface area (Å²) >= 11 is 0. The molecular formula is C28H38O6. The molecule has 0 aliphatic heterocycles. The first-order valence-electron chi connectivity index (χ1n) is 12.0. The van der Waals surface area contributed by atoms with Crippen molar-refractivity contribution in [3.8, 4) is 5.75 Å². The van der Waals surface area contributed by atoms with Crippen LogP contribution in [-0.2, 0) is 14.3 Å². The normalized spacial score (nSPS) is 31.4. The van der Waals surface area contributed by atoms with Crippen LogP contribution in [0.15, 0.2) is 47.6 Å². The van der Waals surface area contributed by atoms with Gasteiger partial charge in [-0.1, -0.05) is 32.4 Å². The van der Waals surface area contributed by atoms with E-state index in [0.717, 1.165) is 5.57 Å². The third kappa shape index (κ3) is 4.78. The second-order valence-electron chi connectivity index (χ2n) is 10.3. The molecule has 6 heteroatoms. The third-order valence-electron chi connectivity index (χ3n) is 7.87. The summed E-state index contributed by atoms with van der Waals surface area (Å²) in [5.74, 6) is -0.622. The minimum atomic E-state index is -1.06. The van der Waals surface area contributed by atoms with Crippen molar-refractivity contribution in [2.75, 3.05) is 7.11 Å². The summed E-state index contributed by atoms with van der Waals surface area (Å²) in [5, 5.41) is 11.9. The molecule has 186 valence electrons. The van der Waals surface area contributed by atoms with Gasteiger partial charge in [-0.25, -0.2) is 9.59 Å². The van der Waals surface area contributed by atoms with Gasteiger partial charge in [0.1, 0.15) is 18.0 Å². The lowest BCUT2D eigenvalue weighted by Crippen LogP contribution is -2.53. The highest BCUT2D eigenvalue weighted by molar-refractivity contribution is 5.89. The van der Waals surface area contributed by atoms with Gasteiger partial charge < -0.3 is 19.3 Å². The Labute approximate surface area is 203 Å². The zero-order chi connectivity index (χ0) is 25.3. The lowest BCUT2D eigenvalue weighted by Gasteiger charge is -2.45. The molecule has 1 N–H and O–H groups in total. The van der Waals surface area contributed by atoms with Crippen molar-refractivity contribution in [1.82, 2.24) is 0 Å². The number of ether oxygens (including phenoxy) is 3. The fraction of sp³-hybridized carbons (Fsp3) is 0.571. The molecule has 2 aliphatic rings. The SMILES string of the molecule is C/C=C(/C)C(=O)O[C@@H]1C=C(C)C[C@H](OC(=O)c2ccc(OC)cc2)[C@@H]2[C@]1(C)CC[C@@]2(O)C(C)C. The first-order chi connectivity index (χ1) is 16.0. The molecule has 0 heterocycles. The standard InChI is InChI=1S/C28H38O6/c1-8-19(5)25(29)34-23-16-18(4)15-22(24-27(23,6)13-14-28(24,31)17(2)3)33-26(30)20-9-11-21(32-7)12-10-20/h8-12,16-17,22-24,31H,13-15H2,1-7H3/b19-8-/t22-,23+,24+,27+,28+/m0/s1. The first-order valence-corrected chi connectivity index (χ1v) is 12.0. The third-order valence-corrected chi connectivity index (χ3v) is 7.87. The number of hydrogen-bond acceptors (Lipinski definition) is 6. The van der Waals surface area contributed by atoms with E-state index in [1.807, 2.05) is 33.8 Å². The van der Waals surface area contributed by atoms with E-state index in [-0.39, 0.29) is 11.9 Å². The van der Waals surface area contributed by atoms with Crippen molar-refractivity contribution in [1.29, 1.82) is 0 Å². The largest absolute Gasteiger partial charge is 0.497 e. The van der Waals surface area contributed by atoms with Gasteiger partial charge in [0.15, 0.2) is 0 Å². The Bertz CT molecular complexity index is 975. The van der Waals surface area contributed by atoms with Crippen molar-refractivity contribution in [3.05, 3.63) is 53.1 Å². The van der Waals surface area contributed by atoms with Crippen LogP contribution in [0.1, 0.15) is 71.2 Å². The van der Waals surface area contributed by atoms with Gasteiger partial charge in [-0.2, -0.15) is 0 Å². The molecule has 34 heavy (non-hydrogen) atoms. The van der Waals surface area contributed by atoms with E-state index in [9.17, 15) is 14.7 Å². The van der Waals surface area contributed by atoms with Crippen molar-refractivity contribution in [2.24, 2.45) is 17.3 Å². The molecule has 0 radical (unpaired) electrons. The number of carbonyl (C=O) groups excluding carboxylic acids is 2. The Balaban J connectivity index is 1.99. The second kappa shape index (κ2) is 9.95. The van der Waals surface area contributed by atoms with Crippen LogP contribution in [0.3, 0.4) is 0 Å². The Hall–Kier alpha value is -2.60. The molecule has 1 aromatic rings. The zero-order valence-electron chi connectivity index (χ0n) is 21.4. The number of benzene rings is 1. The highest BCUT2D eigenvalue weighted by atomic mass is 16.6. The van der Waals surface area contributed by atoms with Crippen LogP contribution in [0.25, 0.3) is 0 Å². The minimum absolute atomic E-state index is 0.0615. The van der Waals surface area contributed by atoms with Crippen LogP contribution >= 0.6 is 0 Å². The second-order valence-corrected chi connectivity index (χ2v) is 10.3. The molecule has 0 spiro atoms. The van der Waals surface area contributed by atoms with Crippen LogP contribution in [0.5, 0.6) is 5.75 Å². The van der Waals surface area contributed by atoms with Gasteiger partial charge in [0.2, 0.25) is 0 Å². The summed E-state index contributed by atoms with van der Waals surface area (Å²) in [6.07, 6.45) is 4.28. The van der Waals surface area contributed by atoms with Crippen LogP contribution in [-0.4, -0.2) is 42.0 Å². The minimum Gasteiger partial charge on any atom is -0.497 e. The Morgan fingerprint density at radius 3 is 2.35 bits per heavy atom. The van der Waals surface area contributed by atoms with E-state index >= 15 is 0 Å². The smallest absolute Gasteiger partial charge is 0.338 e.